The fourth-order valence-corrected chi connectivity index (χ4v) is 3.08. The van der Waals surface area contributed by atoms with Gasteiger partial charge in [0.25, 0.3) is 0 Å². The second-order valence-electron chi connectivity index (χ2n) is 4.63. The van der Waals surface area contributed by atoms with E-state index in [4.69, 9.17) is 11.6 Å². The molecule has 4 heteroatoms. The van der Waals surface area contributed by atoms with Crippen LogP contribution in [0.3, 0.4) is 0 Å². The summed E-state index contributed by atoms with van der Waals surface area (Å²) in [5.74, 6) is 0.554. The second-order valence-corrected chi connectivity index (χ2v) is 6.05. The van der Waals surface area contributed by atoms with Crippen molar-refractivity contribution >= 4 is 23.4 Å². The molecule has 0 spiro atoms. The van der Waals surface area contributed by atoms with E-state index in [2.05, 4.69) is 55.0 Å². The van der Waals surface area contributed by atoms with Gasteiger partial charge in [0, 0.05) is 10.5 Å². The van der Waals surface area contributed by atoms with Gasteiger partial charge in [-0.05, 0) is 30.0 Å². The van der Waals surface area contributed by atoms with Crippen LogP contribution in [-0.2, 0) is 6.42 Å². The molecule has 0 unspecified atom stereocenters. The number of hydrogen-bond donors (Lipinski definition) is 0. The highest BCUT2D eigenvalue weighted by Gasteiger charge is 2.09. The van der Waals surface area contributed by atoms with Crippen LogP contribution in [0.15, 0.2) is 40.5 Å². The Balaban J connectivity index is 2.24. The maximum absolute atomic E-state index is 6.10. The number of hydrogen-bond acceptors (Lipinski definition) is 3. The van der Waals surface area contributed by atoms with Crippen molar-refractivity contribution in [1.82, 2.24) is 9.97 Å². The van der Waals surface area contributed by atoms with E-state index < -0.39 is 0 Å². The Bertz CT molecular complexity index is 553. The van der Waals surface area contributed by atoms with Gasteiger partial charge >= 0.3 is 0 Å². The van der Waals surface area contributed by atoms with Gasteiger partial charge in [-0.2, -0.15) is 0 Å². The van der Waals surface area contributed by atoms with E-state index in [1.54, 1.807) is 11.8 Å². The molecule has 2 nitrogen and oxygen atoms in total. The minimum atomic E-state index is 0.554. The Morgan fingerprint density at radius 3 is 2.42 bits per heavy atom. The zero-order valence-electron chi connectivity index (χ0n) is 11.4. The Hall–Kier alpha value is -1.06. The average Bonchev–Trinajstić information content (AvgIpc) is 2.39. The van der Waals surface area contributed by atoms with Crippen molar-refractivity contribution in [3.05, 3.63) is 46.9 Å². The molecule has 0 N–H and O–H groups in total. The highest BCUT2D eigenvalue weighted by atomic mass is 35.5. The van der Waals surface area contributed by atoms with Crippen molar-refractivity contribution in [3.63, 3.8) is 0 Å². The Morgan fingerprint density at radius 1 is 1.16 bits per heavy atom. The molecular formula is C15H17ClN2S. The molecule has 0 saturated carbocycles. The van der Waals surface area contributed by atoms with Crippen LogP contribution in [-0.4, -0.2) is 9.97 Å². The fourth-order valence-electron chi connectivity index (χ4n) is 1.79. The summed E-state index contributed by atoms with van der Waals surface area (Å²) in [5, 5.41) is 1.50. The Kier molecular flexibility index (Phi) is 4.83. The highest BCUT2D eigenvalue weighted by Crippen LogP contribution is 2.32. The van der Waals surface area contributed by atoms with Crippen molar-refractivity contribution in [2.45, 2.75) is 43.0 Å². The highest BCUT2D eigenvalue weighted by molar-refractivity contribution is 7.99. The second kappa shape index (κ2) is 6.40. The fraction of sp³-hybridized carbons (Fsp3) is 0.333. The van der Waals surface area contributed by atoms with E-state index in [0.717, 1.165) is 17.0 Å². The van der Waals surface area contributed by atoms with Crippen LogP contribution in [0, 0.1) is 0 Å². The average molecular weight is 293 g/mol. The summed E-state index contributed by atoms with van der Waals surface area (Å²) in [6.45, 7) is 6.46. The van der Waals surface area contributed by atoms with E-state index in [9.17, 15) is 0 Å². The third-order valence-corrected chi connectivity index (χ3v) is 4.35. The van der Waals surface area contributed by atoms with Gasteiger partial charge in [0.2, 0.25) is 0 Å². The zero-order valence-corrected chi connectivity index (χ0v) is 12.9. The molecule has 0 amide bonds. The zero-order chi connectivity index (χ0) is 13.8. The summed E-state index contributed by atoms with van der Waals surface area (Å²) in [7, 11) is 0. The minimum absolute atomic E-state index is 0.554. The first-order valence-electron chi connectivity index (χ1n) is 6.39. The molecule has 1 aromatic carbocycles. The summed E-state index contributed by atoms with van der Waals surface area (Å²) in [4.78, 5) is 9.54. The van der Waals surface area contributed by atoms with Crippen LogP contribution >= 0.6 is 23.4 Å². The summed E-state index contributed by atoms with van der Waals surface area (Å²) >= 11 is 7.74. The van der Waals surface area contributed by atoms with Crippen molar-refractivity contribution in [3.8, 4) is 0 Å². The summed E-state index contributed by atoms with van der Waals surface area (Å²) in [6.07, 6.45) is 2.36. The summed E-state index contributed by atoms with van der Waals surface area (Å²) in [6, 6.07) is 8.60. The third-order valence-electron chi connectivity index (χ3n) is 2.97. The largest absolute Gasteiger partial charge is 0.229 e. The van der Waals surface area contributed by atoms with E-state index in [1.807, 2.05) is 0 Å². The standard InChI is InChI=1S/C15H17ClN2S/c1-4-13-14(16)17-9-18-15(13)19-12-7-5-11(6-8-12)10(2)3/h5-10H,4H2,1-3H3. The van der Waals surface area contributed by atoms with Crippen LogP contribution in [0.1, 0.15) is 37.8 Å². The lowest BCUT2D eigenvalue weighted by Crippen LogP contribution is -1.94. The van der Waals surface area contributed by atoms with Crippen LogP contribution in [0.25, 0.3) is 0 Å². The predicted molar refractivity (Wildman–Crippen MR) is 81.1 cm³/mol. The molecule has 0 atom stereocenters. The van der Waals surface area contributed by atoms with E-state index in [-0.39, 0.29) is 0 Å². The molecule has 0 aliphatic rings. The molecule has 19 heavy (non-hydrogen) atoms. The third kappa shape index (κ3) is 3.48. The Morgan fingerprint density at radius 2 is 1.84 bits per heavy atom. The van der Waals surface area contributed by atoms with Gasteiger partial charge in [0.15, 0.2) is 0 Å². The van der Waals surface area contributed by atoms with Gasteiger partial charge in [-0.15, -0.1) is 0 Å². The topological polar surface area (TPSA) is 25.8 Å². The minimum Gasteiger partial charge on any atom is -0.229 e. The number of halogens is 1. The lowest BCUT2D eigenvalue weighted by Gasteiger charge is -2.09. The lowest BCUT2D eigenvalue weighted by atomic mass is 10.0. The smallest absolute Gasteiger partial charge is 0.136 e. The molecule has 2 aromatic rings. The van der Waals surface area contributed by atoms with E-state index >= 15 is 0 Å². The number of aromatic nitrogens is 2. The summed E-state index contributed by atoms with van der Waals surface area (Å²) < 4.78 is 0. The predicted octanol–water partition coefficient (Wildman–Crippen LogP) is 4.97. The van der Waals surface area contributed by atoms with Crippen LogP contribution in [0.2, 0.25) is 5.15 Å². The van der Waals surface area contributed by atoms with Crippen LogP contribution < -0.4 is 0 Å². The molecule has 100 valence electrons. The van der Waals surface area contributed by atoms with Crippen molar-refractivity contribution in [1.29, 1.82) is 0 Å². The first-order chi connectivity index (χ1) is 9.11. The number of benzene rings is 1. The van der Waals surface area contributed by atoms with Crippen LogP contribution in [0.4, 0.5) is 0 Å². The molecule has 0 aliphatic heterocycles. The summed E-state index contributed by atoms with van der Waals surface area (Å²) in [5.41, 5.74) is 2.36. The van der Waals surface area contributed by atoms with Crippen LogP contribution in [0.5, 0.6) is 0 Å². The molecule has 0 aliphatic carbocycles. The molecular weight excluding hydrogens is 276 g/mol. The van der Waals surface area contributed by atoms with Gasteiger partial charge in [-0.1, -0.05) is 56.3 Å². The van der Waals surface area contributed by atoms with Gasteiger partial charge in [0.1, 0.15) is 16.5 Å². The van der Waals surface area contributed by atoms with E-state index in [0.29, 0.717) is 11.1 Å². The SMILES string of the molecule is CCc1c(Cl)ncnc1Sc1ccc(C(C)C)cc1. The Labute approximate surface area is 123 Å². The molecule has 1 aromatic heterocycles. The van der Waals surface area contributed by atoms with Crippen molar-refractivity contribution in [2.75, 3.05) is 0 Å². The number of nitrogens with zero attached hydrogens (tertiary/aromatic N) is 2. The monoisotopic (exact) mass is 292 g/mol. The maximum atomic E-state index is 6.10. The van der Waals surface area contributed by atoms with Gasteiger partial charge < -0.3 is 0 Å². The van der Waals surface area contributed by atoms with Gasteiger partial charge in [-0.25, -0.2) is 9.97 Å². The molecule has 0 bridgehead atoms. The quantitative estimate of drug-likeness (QED) is 0.744. The molecule has 0 saturated heterocycles. The molecule has 1 heterocycles. The maximum Gasteiger partial charge on any atom is 0.136 e. The van der Waals surface area contributed by atoms with E-state index in [1.165, 1.54) is 16.8 Å². The first-order valence-corrected chi connectivity index (χ1v) is 7.58. The molecule has 0 radical (unpaired) electrons. The first kappa shape index (κ1) is 14.4. The normalized spacial score (nSPS) is 11.0. The van der Waals surface area contributed by atoms with Crippen molar-refractivity contribution in [2.24, 2.45) is 0 Å². The van der Waals surface area contributed by atoms with Crippen molar-refractivity contribution < 1.29 is 0 Å². The van der Waals surface area contributed by atoms with Gasteiger partial charge in [-0.3, -0.25) is 0 Å². The molecule has 2 rings (SSSR count). The number of rotatable bonds is 4. The van der Waals surface area contributed by atoms with Gasteiger partial charge in [0.05, 0.1) is 0 Å². The molecule has 0 fully saturated rings. The lowest BCUT2D eigenvalue weighted by molar-refractivity contribution is 0.864.